The van der Waals surface area contributed by atoms with Crippen molar-refractivity contribution in [2.45, 2.75) is 56.6 Å². The highest BCUT2D eigenvalue weighted by Crippen LogP contribution is 2.31. The maximum atomic E-state index is 6.24. The van der Waals surface area contributed by atoms with E-state index in [2.05, 4.69) is 28.9 Å². The van der Waals surface area contributed by atoms with Crippen molar-refractivity contribution in [1.82, 2.24) is 0 Å². The first-order valence-electron chi connectivity index (χ1n) is 7.78. The van der Waals surface area contributed by atoms with Gasteiger partial charge in [0.2, 0.25) is 0 Å². The topological polar surface area (TPSA) is 27.7 Å². The summed E-state index contributed by atoms with van der Waals surface area (Å²) >= 11 is 3.53. The molecule has 2 unspecified atom stereocenters. The van der Waals surface area contributed by atoms with Gasteiger partial charge < -0.3 is 14.2 Å². The third-order valence-electron chi connectivity index (χ3n) is 3.86. The Morgan fingerprint density at radius 3 is 2.76 bits per heavy atom. The summed E-state index contributed by atoms with van der Waals surface area (Å²) in [5, 5.41) is 0.789. The molecule has 1 aromatic carbocycles. The summed E-state index contributed by atoms with van der Waals surface area (Å²) in [6.07, 6.45) is 5.95. The molecule has 1 saturated carbocycles. The second kappa shape index (κ2) is 8.64. The summed E-state index contributed by atoms with van der Waals surface area (Å²) in [6.45, 7) is 2.85. The minimum atomic E-state index is 0.239. The zero-order valence-corrected chi connectivity index (χ0v) is 14.5. The van der Waals surface area contributed by atoms with Gasteiger partial charge in [-0.25, -0.2) is 0 Å². The normalized spacial score (nSPS) is 22.0. The first kappa shape index (κ1) is 16.6. The Hall–Kier alpha value is -0.740. The molecule has 21 heavy (non-hydrogen) atoms. The number of ether oxygens (including phenoxy) is 3. The maximum absolute atomic E-state index is 6.24. The molecule has 2 rings (SSSR count). The van der Waals surface area contributed by atoms with Gasteiger partial charge in [-0.05, 0) is 31.7 Å². The zero-order valence-electron chi connectivity index (χ0n) is 12.9. The van der Waals surface area contributed by atoms with Crippen LogP contribution in [0.3, 0.4) is 0 Å². The van der Waals surface area contributed by atoms with Gasteiger partial charge in [0.25, 0.3) is 0 Å². The molecule has 0 heterocycles. The van der Waals surface area contributed by atoms with Crippen LogP contribution in [0, 0.1) is 0 Å². The lowest BCUT2D eigenvalue weighted by Gasteiger charge is -2.29. The Morgan fingerprint density at radius 2 is 2.05 bits per heavy atom. The van der Waals surface area contributed by atoms with E-state index in [1.54, 1.807) is 7.11 Å². The Balaban J connectivity index is 2.05. The molecule has 118 valence electrons. The van der Waals surface area contributed by atoms with Crippen molar-refractivity contribution >= 4 is 15.9 Å². The summed E-state index contributed by atoms with van der Waals surface area (Å²) in [5.74, 6) is 1.82. The fraction of sp³-hybridized carbons (Fsp3) is 0.647. The van der Waals surface area contributed by atoms with Gasteiger partial charge in [-0.2, -0.15) is 0 Å². The van der Waals surface area contributed by atoms with E-state index in [1.807, 2.05) is 12.1 Å². The predicted octanol–water partition coefficient (Wildman–Crippen LogP) is 4.71. The van der Waals surface area contributed by atoms with Gasteiger partial charge in [0.15, 0.2) is 0 Å². The standard InChI is InChI=1S/C17H25BrO3/c1-3-9-20-15-8-7-13(12-18)17(11-15)21-16-6-4-5-14(10-16)19-2/h7-8,11,14,16H,3-6,9-10,12H2,1-2H3. The number of halogens is 1. The van der Waals surface area contributed by atoms with Gasteiger partial charge in [0.05, 0.1) is 12.7 Å². The summed E-state index contributed by atoms with van der Waals surface area (Å²) in [4.78, 5) is 0. The van der Waals surface area contributed by atoms with Crippen molar-refractivity contribution in [3.8, 4) is 11.5 Å². The van der Waals surface area contributed by atoms with Gasteiger partial charge in [-0.1, -0.05) is 28.9 Å². The minimum absolute atomic E-state index is 0.239. The molecule has 0 aromatic heterocycles. The Kier molecular flexibility index (Phi) is 6.84. The molecule has 0 N–H and O–H groups in total. The van der Waals surface area contributed by atoms with Gasteiger partial charge in [0, 0.05) is 30.5 Å². The molecule has 4 heteroatoms. The average Bonchev–Trinajstić information content (AvgIpc) is 2.53. The fourth-order valence-electron chi connectivity index (χ4n) is 2.67. The van der Waals surface area contributed by atoms with Crippen LogP contribution in [0.25, 0.3) is 0 Å². The van der Waals surface area contributed by atoms with Crippen LogP contribution >= 0.6 is 15.9 Å². The molecule has 0 bridgehead atoms. The Morgan fingerprint density at radius 1 is 1.24 bits per heavy atom. The number of hydrogen-bond acceptors (Lipinski definition) is 3. The van der Waals surface area contributed by atoms with Gasteiger partial charge in [-0.15, -0.1) is 0 Å². The molecule has 0 saturated heterocycles. The molecule has 1 aliphatic carbocycles. The summed E-state index contributed by atoms with van der Waals surface area (Å²) in [7, 11) is 1.79. The first-order chi connectivity index (χ1) is 10.3. The van der Waals surface area contributed by atoms with Crippen LogP contribution in [0.1, 0.15) is 44.6 Å². The highest BCUT2D eigenvalue weighted by atomic mass is 79.9. The van der Waals surface area contributed by atoms with Crippen molar-refractivity contribution in [2.24, 2.45) is 0 Å². The van der Waals surface area contributed by atoms with Crippen molar-refractivity contribution in [3.05, 3.63) is 23.8 Å². The second-order valence-electron chi connectivity index (χ2n) is 5.52. The van der Waals surface area contributed by atoms with E-state index < -0.39 is 0 Å². The molecule has 1 aromatic rings. The minimum Gasteiger partial charge on any atom is -0.493 e. The van der Waals surface area contributed by atoms with E-state index in [0.29, 0.717) is 6.10 Å². The van der Waals surface area contributed by atoms with E-state index in [9.17, 15) is 0 Å². The molecule has 3 nitrogen and oxygen atoms in total. The van der Waals surface area contributed by atoms with Crippen molar-refractivity contribution in [1.29, 1.82) is 0 Å². The maximum Gasteiger partial charge on any atom is 0.127 e. The predicted molar refractivity (Wildman–Crippen MR) is 88.5 cm³/mol. The summed E-state index contributed by atoms with van der Waals surface area (Å²) in [6, 6.07) is 6.10. The lowest BCUT2D eigenvalue weighted by atomic mass is 9.95. The molecule has 0 spiro atoms. The van der Waals surface area contributed by atoms with Crippen LogP contribution < -0.4 is 9.47 Å². The summed E-state index contributed by atoms with van der Waals surface area (Å²) in [5.41, 5.74) is 1.17. The van der Waals surface area contributed by atoms with Crippen LogP contribution in [0.2, 0.25) is 0 Å². The molecule has 1 fully saturated rings. The molecule has 0 aliphatic heterocycles. The fourth-order valence-corrected chi connectivity index (χ4v) is 3.13. The SMILES string of the molecule is CCCOc1ccc(CBr)c(OC2CCCC(OC)C2)c1. The quantitative estimate of drug-likeness (QED) is 0.662. The smallest absolute Gasteiger partial charge is 0.127 e. The van der Waals surface area contributed by atoms with Crippen molar-refractivity contribution in [2.75, 3.05) is 13.7 Å². The number of methoxy groups -OCH3 is 1. The Bertz CT molecular complexity index is 436. The average molecular weight is 357 g/mol. The third-order valence-corrected chi connectivity index (χ3v) is 4.46. The van der Waals surface area contributed by atoms with Crippen LogP contribution in [0.15, 0.2) is 18.2 Å². The number of hydrogen-bond donors (Lipinski definition) is 0. The van der Waals surface area contributed by atoms with E-state index in [4.69, 9.17) is 14.2 Å². The Labute approximate surface area is 136 Å². The molecule has 2 atom stereocenters. The van der Waals surface area contributed by atoms with Crippen molar-refractivity contribution in [3.63, 3.8) is 0 Å². The lowest BCUT2D eigenvalue weighted by Crippen LogP contribution is -2.29. The van der Waals surface area contributed by atoms with E-state index in [-0.39, 0.29) is 6.10 Å². The molecule has 0 radical (unpaired) electrons. The van der Waals surface area contributed by atoms with Crippen LogP contribution in [0.5, 0.6) is 11.5 Å². The third kappa shape index (κ3) is 4.89. The van der Waals surface area contributed by atoms with E-state index >= 15 is 0 Å². The van der Waals surface area contributed by atoms with Crippen LogP contribution in [-0.4, -0.2) is 25.9 Å². The molecule has 1 aliphatic rings. The van der Waals surface area contributed by atoms with Gasteiger partial charge >= 0.3 is 0 Å². The van der Waals surface area contributed by atoms with Crippen molar-refractivity contribution < 1.29 is 14.2 Å². The molecule has 0 amide bonds. The number of alkyl halides is 1. The van der Waals surface area contributed by atoms with Gasteiger partial charge in [0.1, 0.15) is 17.6 Å². The van der Waals surface area contributed by atoms with Crippen LogP contribution in [-0.2, 0) is 10.1 Å². The van der Waals surface area contributed by atoms with E-state index in [1.165, 1.54) is 12.0 Å². The monoisotopic (exact) mass is 356 g/mol. The summed E-state index contributed by atoms with van der Waals surface area (Å²) < 4.78 is 17.4. The van der Waals surface area contributed by atoms with Gasteiger partial charge in [-0.3, -0.25) is 0 Å². The highest BCUT2D eigenvalue weighted by Gasteiger charge is 2.23. The number of benzene rings is 1. The second-order valence-corrected chi connectivity index (χ2v) is 6.08. The zero-order chi connectivity index (χ0) is 15.1. The lowest BCUT2D eigenvalue weighted by molar-refractivity contribution is 0.0207. The largest absolute Gasteiger partial charge is 0.493 e. The van der Waals surface area contributed by atoms with E-state index in [0.717, 1.165) is 49.1 Å². The molecular formula is C17H25BrO3. The number of rotatable bonds is 7. The highest BCUT2D eigenvalue weighted by molar-refractivity contribution is 9.08. The first-order valence-corrected chi connectivity index (χ1v) is 8.90. The molecular weight excluding hydrogens is 332 g/mol. The van der Waals surface area contributed by atoms with Crippen LogP contribution in [0.4, 0.5) is 0 Å².